The third kappa shape index (κ3) is 4.19. The van der Waals surface area contributed by atoms with E-state index in [1.807, 2.05) is 19.1 Å². The fraction of sp³-hybridized carbons (Fsp3) is 0.500. The topological polar surface area (TPSA) is 38.3 Å². The van der Waals surface area contributed by atoms with Crippen molar-refractivity contribution >= 4 is 5.97 Å². The Morgan fingerprint density at radius 1 is 1.41 bits per heavy atom. The molecule has 1 atom stereocenters. The zero-order chi connectivity index (χ0) is 12.7. The van der Waals surface area contributed by atoms with E-state index in [1.165, 1.54) is 18.2 Å². The molecule has 3 nitrogen and oxygen atoms in total. The molecule has 0 heterocycles. The zero-order valence-corrected chi connectivity index (χ0v) is 10.8. The van der Waals surface area contributed by atoms with Gasteiger partial charge in [0.25, 0.3) is 0 Å². The van der Waals surface area contributed by atoms with E-state index in [0.717, 1.165) is 13.0 Å². The van der Waals surface area contributed by atoms with Crippen LogP contribution in [-0.4, -0.2) is 19.6 Å². The van der Waals surface area contributed by atoms with Gasteiger partial charge in [-0.15, -0.1) is 0 Å². The number of ether oxygens (including phenoxy) is 1. The Hall–Kier alpha value is -1.35. The summed E-state index contributed by atoms with van der Waals surface area (Å²) < 4.78 is 4.75. The van der Waals surface area contributed by atoms with Gasteiger partial charge in [-0.2, -0.15) is 0 Å². The van der Waals surface area contributed by atoms with Crippen LogP contribution in [0.15, 0.2) is 24.3 Å². The second-order valence-electron chi connectivity index (χ2n) is 4.19. The number of rotatable bonds is 6. The van der Waals surface area contributed by atoms with Crippen LogP contribution in [0.3, 0.4) is 0 Å². The van der Waals surface area contributed by atoms with Crippen LogP contribution < -0.4 is 5.32 Å². The average Bonchev–Trinajstić information content (AvgIpc) is 2.36. The van der Waals surface area contributed by atoms with Crippen LogP contribution in [0.5, 0.6) is 0 Å². The van der Waals surface area contributed by atoms with E-state index >= 15 is 0 Å². The summed E-state index contributed by atoms with van der Waals surface area (Å²) >= 11 is 0. The van der Waals surface area contributed by atoms with E-state index < -0.39 is 0 Å². The molecule has 0 spiro atoms. The molecule has 1 unspecified atom stereocenters. The molecule has 0 fully saturated rings. The average molecular weight is 235 g/mol. The Kier molecular flexibility index (Phi) is 5.70. The Morgan fingerprint density at radius 3 is 2.71 bits per heavy atom. The second-order valence-corrected chi connectivity index (χ2v) is 4.19. The van der Waals surface area contributed by atoms with Crippen molar-refractivity contribution in [2.45, 2.75) is 26.8 Å². The number of carbonyl (C=O) groups excluding carboxylic acids is 1. The van der Waals surface area contributed by atoms with E-state index in [4.69, 9.17) is 4.74 Å². The van der Waals surface area contributed by atoms with Gasteiger partial charge in [-0.05, 0) is 24.5 Å². The molecular weight excluding hydrogens is 214 g/mol. The maximum absolute atomic E-state index is 11.4. The molecule has 0 amide bonds. The number of esters is 1. The molecule has 0 radical (unpaired) electrons. The minimum absolute atomic E-state index is 0.0518. The number of aryl methyl sites for hydroxylation is 1. The molecular formula is C14H21NO2. The summed E-state index contributed by atoms with van der Waals surface area (Å²) in [5.74, 6) is -0.186. The summed E-state index contributed by atoms with van der Waals surface area (Å²) in [5.41, 5.74) is 2.54. The lowest BCUT2D eigenvalue weighted by Gasteiger charge is -2.14. The maximum Gasteiger partial charge on any atom is 0.309 e. The van der Waals surface area contributed by atoms with Gasteiger partial charge >= 0.3 is 5.97 Å². The normalized spacial score (nSPS) is 12.2. The van der Waals surface area contributed by atoms with Crippen LogP contribution in [0.2, 0.25) is 0 Å². The Labute approximate surface area is 103 Å². The Balaban J connectivity index is 2.42. The molecule has 0 aliphatic heterocycles. The van der Waals surface area contributed by atoms with Crippen molar-refractivity contribution in [3.8, 4) is 0 Å². The Morgan fingerprint density at radius 2 is 2.12 bits per heavy atom. The van der Waals surface area contributed by atoms with Crippen LogP contribution in [0.4, 0.5) is 0 Å². The van der Waals surface area contributed by atoms with Gasteiger partial charge in [-0.25, -0.2) is 0 Å². The molecule has 94 valence electrons. The van der Waals surface area contributed by atoms with Gasteiger partial charge in [-0.1, -0.05) is 31.2 Å². The zero-order valence-electron chi connectivity index (χ0n) is 10.8. The van der Waals surface area contributed by atoms with Gasteiger partial charge in [0.1, 0.15) is 0 Å². The third-order valence-corrected chi connectivity index (χ3v) is 2.99. The van der Waals surface area contributed by atoms with Crippen LogP contribution >= 0.6 is 0 Å². The van der Waals surface area contributed by atoms with Crippen molar-refractivity contribution in [1.82, 2.24) is 5.32 Å². The van der Waals surface area contributed by atoms with Crippen molar-refractivity contribution in [3.63, 3.8) is 0 Å². The minimum atomic E-state index is -0.134. The standard InChI is InChI=1S/C14H21NO2/c1-4-12(14(16)17-3)9-15-10-13-8-6-5-7-11(13)2/h5-8,12,15H,4,9-10H2,1-3H3. The molecule has 0 bridgehead atoms. The number of hydrogen-bond donors (Lipinski definition) is 1. The largest absolute Gasteiger partial charge is 0.469 e. The molecule has 1 N–H and O–H groups in total. The smallest absolute Gasteiger partial charge is 0.309 e. The monoisotopic (exact) mass is 235 g/mol. The highest BCUT2D eigenvalue weighted by atomic mass is 16.5. The summed E-state index contributed by atoms with van der Waals surface area (Å²) in [4.78, 5) is 11.4. The predicted octanol–water partition coefficient (Wildman–Crippen LogP) is 2.28. The fourth-order valence-corrected chi connectivity index (χ4v) is 1.75. The first-order valence-corrected chi connectivity index (χ1v) is 6.02. The Bertz CT molecular complexity index is 363. The lowest BCUT2D eigenvalue weighted by Crippen LogP contribution is -2.28. The van der Waals surface area contributed by atoms with E-state index in [2.05, 4.69) is 24.4 Å². The van der Waals surface area contributed by atoms with Crippen LogP contribution in [0.25, 0.3) is 0 Å². The highest BCUT2D eigenvalue weighted by Crippen LogP contribution is 2.07. The van der Waals surface area contributed by atoms with Crippen molar-refractivity contribution in [1.29, 1.82) is 0 Å². The maximum atomic E-state index is 11.4. The molecule has 17 heavy (non-hydrogen) atoms. The summed E-state index contributed by atoms with van der Waals surface area (Å²) in [6.07, 6.45) is 0.799. The lowest BCUT2D eigenvalue weighted by molar-refractivity contribution is -0.145. The summed E-state index contributed by atoms with van der Waals surface area (Å²) in [7, 11) is 1.44. The molecule has 0 aromatic heterocycles. The molecule has 1 aromatic carbocycles. The molecule has 0 aliphatic carbocycles. The predicted molar refractivity (Wildman–Crippen MR) is 68.7 cm³/mol. The highest BCUT2D eigenvalue weighted by Gasteiger charge is 2.15. The van der Waals surface area contributed by atoms with Gasteiger partial charge in [0.05, 0.1) is 13.0 Å². The number of nitrogens with one attached hydrogen (secondary N) is 1. The van der Waals surface area contributed by atoms with Gasteiger partial charge in [0, 0.05) is 13.1 Å². The van der Waals surface area contributed by atoms with Gasteiger partial charge in [0.2, 0.25) is 0 Å². The van der Waals surface area contributed by atoms with Crippen molar-refractivity contribution < 1.29 is 9.53 Å². The number of carbonyl (C=O) groups is 1. The minimum Gasteiger partial charge on any atom is -0.469 e. The molecule has 1 rings (SSSR count). The highest BCUT2D eigenvalue weighted by molar-refractivity contribution is 5.72. The quantitative estimate of drug-likeness (QED) is 0.769. The second kappa shape index (κ2) is 7.07. The van der Waals surface area contributed by atoms with Gasteiger partial charge in [0.15, 0.2) is 0 Å². The SMILES string of the molecule is CCC(CNCc1ccccc1C)C(=O)OC. The summed E-state index contributed by atoms with van der Waals surface area (Å²) in [6.45, 7) is 5.54. The number of benzene rings is 1. The van der Waals surface area contributed by atoms with E-state index in [9.17, 15) is 4.79 Å². The summed E-state index contributed by atoms with van der Waals surface area (Å²) in [5, 5.41) is 3.31. The van der Waals surface area contributed by atoms with E-state index in [0.29, 0.717) is 6.54 Å². The van der Waals surface area contributed by atoms with Crippen LogP contribution in [-0.2, 0) is 16.1 Å². The molecule has 3 heteroatoms. The van der Waals surface area contributed by atoms with Crippen molar-refractivity contribution in [2.75, 3.05) is 13.7 Å². The van der Waals surface area contributed by atoms with Gasteiger partial charge < -0.3 is 10.1 Å². The fourth-order valence-electron chi connectivity index (χ4n) is 1.75. The number of methoxy groups -OCH3 is 1. The first-order valence-electron chi connectivity index (χ1n) is 6.02. The molecule has 0 saturated carbocycles. The molecule has 1 aromatic rings. The van der Waals surface area contributed by atoms with Crippen molar-refractivity contribution in [2.24, 2.45) is 5.92 Å². The van der Waals surface area contributed by atoms with E-state index in [-0.39, 0.29) is 11.9 Å². The molecule has 0 aliphatic rings. The molecule has 0 saturated heterocycles. The van der Waals surface area contributed by atoms with E-state index in [1.54, 1.807) is 0 Å². The van der Waals surface area contributed by atoms with Crippen molar-refractivity contribution in [3.05, 3.63) is 35.4 Å². The van der Waals surface area contributed by atoms with Crippen LogP contribution in [0.1, 0.15) is 24.5 Å². The summed E-state index contributed by atoms with van der Waals surface area (Å²) in [6, 6.07) is 8.25. The van der Waals surface area contributed by atoms with Gasteiger partial charge in [-0.3, -0.25) is 4.79 Å². The third-order valence-electron chi connectivity index (χ3n) is 2.99. The first kappa shape index (κ1) is 13.7. The first-order chi connectivity index (χ1) is 8.19. The number of hydrogen-bond acceptors (Lipinski definition) is 3. The van der Waals surface area contributed by atoms with Crippen LogP contribution in [0, 0.1) is 12.8 Å². The lowest BCUT2D eigenvalue weighted by atomic mass is 10.1.